The molecule has 2 aromatic heterocycles. The van der Waals surface area contributed by atoms with Crippen LogP contribution in [0.15, 0.2) is 48.9 Å². The summed E-state index contributed by atoms with van der Waals surface area (Å²) < 4.78 is 6.07. The Kier molecular flexibility index (Phi) is 5.20. The number of hydrogen-bond acceptors (Lipinski definition) is 9. The van der Waals surface area contributed by atoms with Crippen LogP contribution >= 0.6 is 0 Å². The largest absolute Gasteiger partial charge is 0.489 e. The van der Waals surface area contributed by atoms with E-state index in [-0.39, 0.29) is 24.3 Å². The highest BCUT2D eigenvalue weighted by molar-refractivity contribution is 6.00. The van der Waals surface area contributed by atoms with Crippen molar-refractivity contribution in [2.75, 3.05) is 40.1 Å². The number of carbonyl (C=O) groups is 2. The van der Waals surface area contributed by atoms with Crippen LogP contribution in [-0.4, -0.2) is 58.4 Å². The number of nitrogens with zero attached hydrogens (tertiary/aromatic N) is 5. The summed E-state index contributed by atoms with van der Waals surface area (Å²) in [5, 5.41) is 6.50. The van der Waals surface area contributed by atoms with Gasteiger partial charge in [0.1, 0.15) is 18.2 Å². The lowest BCUT2D eigenvalue weighted by molar-refractivity contribution is -0.119. The molecule has 2 N–H and O–H groups in total. The second-order valence-corrected chi connectivity index (χ2v) is 9.06. The smallest absolute Gasteiger partial charge is 0.247 e. The zero-order valence-corrected chi connectivity index (χ0v) is 19.3. The Morgan fingerprint density at radius 1 is 1.20 bits per heavy atom. The molecule has 10 heteroatoms. The molecule has 1 aromatic carbocycles. The summed E-state index contributed by atoms with van der Waals surface area (Å²) >= 11 is 0. The molecule has 3 aliphatic rings. The number of hydrogen-bond donors (Lipinski definition) is 2. The molecule has 1 atom stereocenters. The highest BCUT2D eigenvalue weighted by Gasteiger charge is 2.38. The van der Waals surface area contributed by atoms with Crippen LogP contribution in [0, 0.1) is 0 Å². The predicted octanol–water partition coefficient (Wildman–Crippen LogP) is 3.01. The van der Waals surface area contributed by atoms with Gasteiger partial charge in [0.2, 0.25) is 11.9 Å². The highest BCUT2D eigenvalue weighted by atomic mass is 16.5. The minimum absolute atomic E-state index is 0.0225. The molecule has 1 aliphatic carbocycles. The van der Waals surface area contributed by atoms with Crippen molar-refractivity contribution in [3.05, 3.63) is 54.5 Å². The molecule has 3 aromatic rings. The second kappa shape index (κ2) is 8.53. The Balaban J connectivity index is 1.21. The van der Waals surface area contributed by atoms with Crippen molar-refractivity contribution in [2.45, 2.75) is 31.8 Å². The van der Waals surface area contributed by atoms with Gasteiger partial charge in [-0.05, 0) is 44.0 Å². The van der Waals surface area contributed by atoms with Crippen molar-refractivity contribution in [3.63, 3.8) is 0 Å². The van der Waals surface area contributed by atoms with E-state index in [0.29, 0.717) is 42.3 Å². The molecule has 35 heavy (non-hydrogen) atoms. The predicted molar refractivity (Wildman–Crippen MR) is 132 cm³/mol. The molecule has 0 spiro atoms. The average molecular weight is 472 g/mol. The van der Waals surface area contributed by atoms with Gasteiger partial charge in [0, 0.05) is 36.7 Å². The fraction of sp³-hybridized carbons (Fsp3) is 0.320. The third kappa shape index (κ3) is 4.23. The summed E-state index contributed by atoms with van der Waals surface area (Å²) in [7, 11) is 0. The van der Waals surface area contributed by atoms with E-state index in [1.807, 2.05) is 40.1 Å². The number of nitrogens with one attached hydrogen (secondary N) is 2. The van der Waals surface area contributed by atoms with E-state index in [1.165, 1.54) is 6.92 Å². The van der Waals surface area contributed by atoms with Crippen LogP contribution in [0.3, 0.4) is 0 Å². The van der Waals surface area contributed by atoms with E-state index in [9.17, 15) is 9.59 Å². The Bertz CT molecular complexity index is 1300. The molecule has 10 nitrogen and oxygen atoms in total. The summed E-state index contributed by atoms with van der Waals surface area (Å²) in [6.45, 7) is 2.87. The molecule has 1 amide bonds. The number of fused-ring (bicyclic) bond motifs is 3. The topological polar surface area (TPSA) is 113 Å². The number of ketones is 1. The molecular weight excluding hydrogens is 446 g/mol. The molecule has 2 aliphatic heterocycles. The van der Waals surface area contributed by atoms with Crippen molar-refractivity contribution in [1.29, 1.82) is 0 Å². The van der Waals surface area contributed by atoms with Gasteiger partial charge in [-0.1, -0.05) is 0 Å². The molecule has 1 saturated heterocycles. The monoisotopic (exact) mass is 471 g/mol. The van der Waals surface area contributed by atoms with Gasteiger partial charge in [-0.2, -0.15) is 4.98 Å². The lowest BCUT2D eigenvalue weighted by Gasteiger charge is -2.44. The van der Waals surface area contributed by atoms with Crippen LogP contribution in [0.5, 0.6) is 5.75 Å². The maximum absolute atomic E-state index is 13.1. The van der Waals surface area contributed by atoms with Crippen molar-refractivity contribution >= 4 is 40.5 Å². The van der Waals surface area contributed by atoms with Crippen LogP contribution in [0.2, 0.25) is 0 Å². The van der Waals surface area contributed by atoms with Gasteiger partial charge in [-0.3, -0.25) is 19.5 Å². The quantitative estimate of drug-likeness (QED) is 0.524. The number of benzene rings is 1. The van der Waals surface area contributed by atoms with Crippen LogP contribution in [-0.2, 0) is 4.79 Å². The maximum Gasteiger partial charge on any atom is 0.247 e. The number of carbonyl (C=O) groups excluding carboxylic acids is 2. The first-order chi connectivity index (χ1) is 17.0. The lowest BCUT2D eigenvalue weighted by Crippen LogP contribution is -2.60. The third-order valence-corrected chi connectivity index (χ3v) is 6.40. The van der Waals surface area contributed by atoms with Crippen LogP contribution < -0.4 is 25.2 Å². The first-order valence-electron chi connectivity index (χ1n) is 11.7. The van der Waals surface area contributed by atoms with E-state index < -0.39 is 0 Å². The summed E-state index contributed by atoms with van der Waals surface area (Å²) in [5.74, 6) is 1.50. The molecule has 1 unspecified atom stereocenters. The first-order valence-corrected chi connectivity index (χ1v) is 11.7. The van der Waals surface area contributed by atoms with Gasteiger partial charge in [0.15, 0.2) is 5.78 Å². The van der Waals surface area contributed by atoms with Gasteiger partial charge >= 0.3 is 0 Å². The molecule has 6 rings (SSSR count). The van der Waals surface area contributed by atoms with E-state index in [4.69, 9.17) is 4.74 Å². The summed E-state index contributed by atoms with van der Waals surface area (Å²) in [6, 6.07) is 9.72. The summed E-state index contributed by atoms with van der Waals surface area (Å²) in [4.78, 5) is 41.9. The standard InChI is InChI=1S/C25H25N7O3/c1-15(33)20-11-27-25(30-24(20)28-16-4-5-16)29-17-6-7-21-22(9-17)35-14-19-12-31(13-23(34)32(19)21)18-3-2-8-26-10-18/h2-3,6-11,16,19H,4-5,12-14H2,1H3,(H2,27,28,29,30). The zero-order chi connectivity index (χ0) is 23.9. The summed E-state index contributed by atoms with van der Waals surface area (Å²) in [6.07, 6.45) is 7.18. The van der Waals surface area contributed by atoms with Gasteiger partial charge in [0.25, 0.3) is 0 Å². The fourth-order valence-electron chi connectivity index (χ4n) is 4.49. The minimum Gasteiger partial charge on any atom is -0.489 e. The lowest BCUT2D eigenvalue weighted by atomic mass is 10.1. The van der Waals surface area contributed by atoms with Crippen molar-refractivity contribution in [3.8, 4) is 5.75 Å². The molecule has 0 bridgehead atoms. The molecule has 4 heterocycles. The molecule has 0 radical (unpaired) electrons. The van der Waals surface area contributed by atoms with Gasteiger partial charge < -0.3 is 20.3 Å². The third-order valence-electron chi connectivity index (χ3n) is 6.40. The Morgan fingerprint density at radius 3 is 2.86 bits per heavy atom. The average Bonchev–Trinajstić information content (AvgIpc) is 3.68. The zero-order valence-electron chi connectivity index (χ0n) is 19.3. The Morgan fingerprint density at radius 2 is 2.09 bits per heavy atom. The van der Waals surface area contributed by atoms with Crippen LogP contribution in [0.4, 0.5) is 28.8 Å². The van der Waals surface area contributed by atoms with Crippen LogP contribution in [0.1, 0.15) is 30.1 Å². The van der Waals surface area contributed by atoms with E-state index in [2.05, 4.69) is 25.6 Å². The van der Waals surface area contributed by atoms with Gasteiger partial charge in [0.05, 0.1) is 35.7 Å². The fourth-order valence-corrected chi connectivity index (χ4v) is 4.49. The first kappa shape index (κ1) is 21.3. The number of anilines is 5. The van der Waals surface area contributed by atoms with Crippen molar-refractivity contribution < 1.29 is 14.3 Å². The number of pyridine rings is 1. The number of Topliss-reactive ketones (excluding diaryl/α,β-unsaturated/α-hetero) is 1. The van der Waals surface area contributed by atoms with Crippen molar-refractivity contribution in [1.82, 2.24) is 15.0 Å². The van der Waals surface area contributed by atoms with E-state index in [1.54, 1.807) is 18.6 Å². The molecular formula is C25H25N7O3. The number of rotatable bonds is 6. The summed E-state index contributed by atoms with van der Waals surface area (Å²) in [5.41, 5.74) is 2.89. The SMILES string of the molecule is CC(=O)c1cnc(Nc2ccc3c(c2)OCC2CN(c4cccnc4)CC(=O)N32)nc1NC1CC1. The minimum atomic E-state index is -0.0821. The number of amides is 1. The highest BCUT2D eigenvalue weighted by Crippen LogP contribution is 2.38. The molecule has 1 saturated carbocycles. The van der Waals surface area contributed by atoms with Gasteiger partial charge in [-0.15, -0.1) is 0 Å². The maximum atomic E-state index is 13.1. The molecule has 178 valence electrons. The van der Waals surface area contributed by atoms with E-state index in [0.717, 1.165) is 29.9 Å². The number of aromatic nitrogens is 3. The molecule has 2 fully saturated rings. The number of piperazine rings is 1. The van der Waals surface area contributed by atoms with Gasteiger partial charge in [-0.25, -0.2) is 4.98 Å². The normalized spacial score (nSPS) is 18.9. The number of ether oxygens (including phenoxy) is 1. The Hall–Kier alpha value is -4.21. The van der Waals surface area contributed by atoms with Crippen LogP contribution in [0.25, 0.3) is 0 Å². The second-order valence-electron chi connectivity index (χ2n) is 9.06. The van der Waals surface area contributed by atoms with E-state index >= 15 is 0 Å². The van der Waals surface area contributed by atoms with Crippen molar-refractivity contribution in [2.24, 2.45) is 0 Å². The Labute approximate surface area is 202 Å².